The fraction of sp³-hybridized carbons (Fsp3) is 0.364. The van der Waals surface area contributed by atoms with Crippen LogP contribution in [0.2, 0.25) is 0 Å². The van der Waals surface area contributed by atoms with Gasteiger partial charge in [0.05, 0.1) is 0 Å². The van der Waals surface area contributed by atoms with Gasteiger partial charge in [0.15, 0.2) is 0 Å². The van der Waals surface area contributed by atoms with Crippen molar-refractivity contribution >= 4 is 24.4 Å². The summed E-state index contributed by atoms with van der Waals surface area (Å²) in [5, 5.41) is 1.47. The van der Waals surface area contributed by atoms with Gasteiger partial charge in [0.1, 0.15) is 0 Å². The number of aromatic nitrogens is 1. The molecule has 0 radical (unpaired) electrons. The zero-order valence-corrected chi connectivity index (χ0v) is 9.96. The molecule has 2 heteroatoms. The molecule has 0 aliphatic carbocycles. The zero-order chi connectivity index (χ0) is 9.42. The van der Waals surface area contributed by atoms with E-state index in [4.69, 9.17) is 0 Å². The van der Waals surface area contributed by atoms with Crippen LogP contribution in [0.1, 0.15) is 25.5 Å². The standard InChI is InChI=1S/C11H14NSe/c1-8(2)11-9-6-4-5-7-10(9)13-12(11)3/h4-8H,1-3H3/q+1. The summed E-state index contributed by atoms with van der Waals surface area (Å²) in [7, 11) is 2.20. The van der Waals surface area contributed by atoms with Crippen LogP contribution >= 0.6 is 0 Å². The van der Waals surface area contributed by atoms with Crippen LogP contribution in [0.15, 0.2) is 24.3 Å². The van der Waals surface area contributed by atoms with Gasteiger partial charge in [0, 0.05) is 0 Å². The molecule has 0 saturated heterocycles. The summed E-state index contributed by atoms with van der Waals surface area (Å²) in [4.78, 5) is 0. The Hall–Kier alpha value is -0.591. The van der Waals surface area contributed by atoms with E-state index in [0.29, 0.717) is 20.7 Å². The molecule has 0 aliphatic heterocycles. The molecule has 2 rings (SSSR count). The molecule has 0 atom stereocenters. The normalized spacial score (nSPS) is 11.4. The van der Waals surface area contributed by atoms with E-state index < -0.39 is 0 Å². The zero-order valence-electron chi connectivity index (χ0n) is 8.24. The Labute approximate surface area is 85.0 Å². The molecular weight excluding hydrogens is 225 g/mol. The fourth-order valence-corrected chi connectivity index (χ4v) is 4.13. The minimum absolute atomic E-state index is 0.510. The van der Waals surface area contributed by atoms with Crippen LogP contribution < -0.4 is 3.56 Å². The van der Waals surface area contributed by atoms with Crippen molar-refractivity contribution < 1.29 is 3.56 Å². The molecule has 68 valence electrons. The molecule has 1 nitrogen and oxygen atoms in total. The molecule has 13 heavy (non-hydrogen) atoms. The van der Waals surface area contributed by atoms with Gasteiger partial charge in [-0.05, 0) is 0 Å². The second-order valence-electron chi connectivity index (χ2n) is 3.62. The van der Waals surface area contributed by atoms with E-state index in [1.807, 2.05) is 0 Å². The molecular formula is C11H14NSe+. The Kier molecular flexibility index (Phi) is 2.27. The number of nitrogens with zero attached hydrogens (tertiary/aromatic N) is 1. The first-order chi connectivity index (χ1) is 6.20. The first-order valence-electron chi connectivity index (χ1n) is 4.58. The molecule has 0 N–H and O–H groups in total. The van der Waals surface area contributed by atoms with Gasteiger partial charge in [0.25, 0.3) is 0 Å². The molecule has 0 fully saturated rings. The van der Waals surface area contributed by atoms with Gasteiger partial charge in [0.2, 0.25) is 0 Å². The van der Waals surface area contributed by atoms with Crippen LogP contribution in [0.5, 0.6) is 0 Å². The number of fused-ring (bicyclic) bond motifs is 1. The summed E-state index contributed by atoms with van der Waals surface area (Å²) in [6.07, 6.45) is 0. The van der Waals surface area contributed by atoms with Gasteiger partial charge in [-0.25, -0.2) is 0 Å². The van der Waals surface area contributed by atoms with Crippen molar-refractivity contribution in [2.24, 2.45) is 7.05 Å². The van der Waals surface area contributed by atoms with Crippen LogP contribution in [-0.4, -0.2) is 14.7 Å². The van der Waals surface area contributed by atoms with Crippen molar-refractivity contribution in [3.05, 3.63) is 30.0 Å². The minimum atomic E-state index is 0.510. The number of hydrogen-bond donors (Lipinski definition) is 0. The number of hydrogen-bond acceptors (Lipinski definition) is 0. The monoisotopic (exact) mass is 240 g/mol. The number of rotatable bonds is 1. The van der Waals surface area contributed by atoms with Crippen molar-refractivity contribution in [3.8, 4) is 0 Å². The van der Waals surface area contributed by atoms with Gasteiger partial charge < -0.3 is 0 Å². The van der Waals surface area contributed by atoms with Gasteiger partial charge in [-0.3, -0.25) is 0 Å². The predicted octanol–water partition coefficient (Wildman–Crippen LogP) is 1.84. The number of benzene rings is 1. The van der Waals surface area contributed by atoms with Crippen LogP contribution in [0.4, 0.5) is 0 Å². The quantitative estimate of drug-likeness (QED) is 0.669. The summed E-state index contributed by atoms with van der Waals surface area (Å²) in [6, 6.07) is 8.77. The molecule has 0 spiro atoms. The third kappa shape index (κ3) is 1.45. The Morgan fingerprint density at radius 1 is 1.23 bits per heavy atom. The van der Waals surface area contributed by atoms with E-state index in [2.05, 4.69) is 48.7 Å². The van der Waals surface area contributed by atoms with Gasteiger partial charge in [-0.15, -0.1) is 0 Å². The van der Waals surface area contributed by atoms with Crippen molar-refractivity contribution in [1.82, 2.24) is 0 Å². The van der Waals surface area contributed by atoms with Crippen LogP contribution in [-0.2, 0) is 7.05 Å². The van der Waals surface area contributed by atoms with E-state index >= 15 is 0 Å². The van der Waals surface area contributed by atoms with Crippen LogP contribution in [0, 0.1) is 0 Å². The van der Waals surface area contributed by atoms with Crippen LogP contribution in [0.3, 0.4) is 0 Å². The topological polar surface area (TPSA) is 3.88 Å². The van der Waals surface area contributed by atoms with Crippen molar-refractivity contribution in [2.75, 3.05) is 0 Å². The number of aryl methyl sites for hydroxylation is 1. The molecule has 0 bridgehead atoms. The predicted molar refractivity (Wildman–Crippen MR) is 56.2 cm³/mol. The van der Waals surface area contributed by atoms with E-state index in [0.717, 1.165) is 0 Å². The summed E-state index contributed by atoms with van der Waals surface area (Å²) < 4.78 is 3.95. The molecule has 1 heterocycles. The Morgan fingerprint density at radius 2 is 1.92 bits per heavy atom. The maximum absolute atomic E-state index is 2.42. The van der Waals surface area contributed by atoms with E-state index in [1.54, 1.807) is 0 Å². The molecule has 2 aromatic rings. The third-order valence-corrected chi connectivity index (χ3v) is 4.43. The summed E-state index contributed by atoms with van der Waals surface area (Å²) in [6.45, 7) is 4.54. The molecule has 1 aromatic heterocycles. The second kappa shape index (κ2) is 3.28. The first kappa shape index (κ1) is 8.98. The molecule has 0 saturated carbocycles. The SMILES string of the molecule is CC(C)c1c2ccccc2[se][n+]1C. The van der Waals surface area contributed by atoms with E-state index in [-0.39, 0.29) is 0 Å². The second-order valence-corrected chi connectivity index (χ2v) is 6.08. The Morgan fingerprint density at radius 3 is 2.62 bits per heavy atom. The summed E-state index contributed by atoms with van der Waals surface area (Å²) in [5.41, 5.74) is 1.51. The fourth-order valence-electron chi connectivity index (χ4n) is 1.80. The van der Waals surface area contributed by atoms with Crippen molar-refractivity contribution in [1.29, 1.82) is 0 Å². The average molecular weight is 239 g/mol. The molecule has 0 amide bonds. The summed E-state index contributed by atoms with van der Waals surface area (Å²) >= 11 is 0.510. The van der Waals surface area contributed by atoms with Crippen molar-refractivity contribution in [3.63, 3.8) is 0 Å². The first-order valence-corrected chi connectivity index (χ1v) is 6.20. The molecule has 0 aliphatic rings. The van der Waals surface area contributed by atoms with Gasteiger partial charge >= 0.3 is 84.7 Å². The van der Waals surface area contributed by atoms with Gasteiger partial charge in [-0.2, -0.15) is 0 Å². The summed E-state index contributed by atoms with van der Waals surface area (Å²) in [5.74, 6) is 0.635. The Bertz CT molecular complexity index is 429. The van der Waals surface area contributed by atoms with Gasteiger partial charge in [-0.1, -0.05) is 0 Å². The van der Waals surface area contributed by atoms with Crippen LogP contribution in [0.25, 0.3) is 9.65 Å². The molecule has 1 aromatic carbocycles. The van der Waals surface area contributed by atoms with Crippen molar-refractivity contribution in [2.45, 2.75) is 19.8 Å². The molecule has 0 unspecified atom stereocenters. The van der Waals surface area contributed by atoms with E-state index in [1.165, 1.54) is 15.3 Å². The van der Waals surface area contributed by atoms with E-state index in [9.17, 15) is 0 Å². The average Bonchev–Trinajstić information content (AvgIpc) is 2.39. The third-order valence-electron chi connectivity index (χ3n) is 2.28. The Balaban J connectivity index is 2.78. The maximum atomic E-state index is 2.42.